The Labute approximate surface area is 79.7 Å². The Balaban J connectivity index is 2.32. The largest absolute Gasteiger partial charge is 0.326 e. The van der Waals surface area contributed by atoms with Gasteiger partial charge >= 0.3 is 0 Å². The SMILES string of the molecule is NC1CC(=O)N(c2nccc(=O)[nH]2)C1. The topological polar surface area (TPSA) is 92.1 Å². The van der Waals surface area contributed by atoms with Crippen LogP contribution in [0.3, 0.4) is 0 Å². The van der Waals surface area contributed by atoms with Crippen LogP contribution in [0.15, 0.2) is 17.1 Å². The minimum atomic E-state index is -0.275. The lowest BCUT2D eigenvalue weighted by Gasteiger charge is -2.12. The number of nitrogens with one attached hydrogen (secondary N) is 1. The van der Waals surface area contributed by atoms with Gasteiger partial charge in [-0.3, -0.25) is 19.5 Å². The van der Waals surface area contributed by atoms with Crippen molar-refractivity contribution >= 4 is 11.9 Å². The highest BCUT2D eigenvalue weighted by molar-refractivity contribution is 5.94. The molecule has 1 aliphatic heterocycles. The number of aromatic nitrogens is 2. The number of carbonyl (C=O) groups is 1. The summed E-state index contributed by atoms with van der Waals surface area (Å²) in [5.41, 5.74) is 5.33. The van der Waals surface area contributed by atoms with Crippen LogP contribution in [0.4, 0.5) is 5.95 Å². The van der Waals surface area contributed by atoms with Gasteiger partial charge in [0.2, 0.25) is 11.9 Å². The van der Waals surface area contributed by atoms with Gasteiger partial charge in [0, 0.05) is 31.3 Å². The molecule has 74 valence electrons. The van der Waals surface area contributed by atoms with Crippen molar-refractivity contribution < 1.29 is 4.79 Å². The van der Waals surface area contributed by atoms with Crippen molar-refractivity contribution in [1.82, 2.24) is 9.97 Å². The maximum atomic E-state index is 11.4. The van der Waals surface area contributed by atoms with E-state index in [-0.39, 0.29) is 23.5 Å². The third kappa shape index (κ3) is 1.51. The van der Waals surface area contributed by atoms with Gasteiger partial charge < -0.3 is 5.73 Å². The van der Waals surface area contributed by atoms with Gasteiger partial charge in [-0.05, 0) is 0 Å². The van der Waals surface area contributed by atoms with Crippen molar-refractivity contribution in [2.24, 2.45) is 5.73 Å². The minimum Gasteiger partial charge on any atom is -0.326 e. The van der Waals surface area contributed by atoms with Crippen molar-refractivity contribution in [3.05, 3.63) is 22.6 Å². The molecule has 0 bridgehead atoms. The predicted molar refractivity (Wildman–Crippen MR) is 49.8 cm³/mol. The number of rotatable bonds is 1. The van der Waals surface area contributed by atoms with Crippen molar-refractivity contribution in [3.8, 4) is 0 Å². The van der Waals surface area contributed by atoms with E-state index in [4.69, 9.17) is 5.73 Å². The summed E-state index contributed by atoms with van der Waals surface area (Å²) in [5.74, 6) is 0.169. The van der Waals surface area contributed by atoms with E-state index in [1.807, 2.05) is 0 Å². The molecular formula is C8H10N4O2. The fourth-order valence-corrected chi connectivity index (χ4v) is 1.44. The third-order valence-electron chi connectivity index (χ3n) is 2.07. The molecule has 6 heteroatoms. The smallest absolute Gasteiger partial charge is 0.252 e. The first-order valence-electron chi connectivity index (χ1n) is 4.28. The van der Waals surface area contributed by atoms with Gasteiger partial charge in [0.1, 0.15) is 0 Å². The normalized spacial score (nSPS) is 21.6. The molecular weight excluding hydrogens is 184 g/mol. The summed E-state index contributed by atoms with van der Waals surface area (Å²) >= 11 is 0. The molecule has 2 heterocycles. The summed E-state index contributed by atoms with van der Waals surface area (Å²) in [6.07, 6.45) is 1.67. The van der Waals surface area contributed by atoms with Crippen LogP contribution in [0.1, 0.15) is 6.42 Å². The van der Waals surface area contributed by atoms with Crippen molar-refractivity contribution in [3.63, 3.8) is 0 Å². The lowest BCUT2D eigenvalue weighted by atomic mass is 10.3. The number of amides is 1. The zero-order valence-corrected chi connectivity index (χ0v) is 7.43. The van der Waals surface area contributed by atoms with Crippen molar-refractivity contribution in [2.75, 3.05) is 11.4 Å². The molecule has 1 atom stereocenters. The third-order valence-corrected chi connectivity index (χ3v) is 2.07. The zero-order chi connectivity index (χ0) is 10.1. The second kappa shape index (κ2) is 3.22. The number of carbonyl (C=O) groups excluding carboxylic acids is 1. The van der Waals surface area contributed by atoms with Gasteiger partial charge in [0.25, 0.3) is 5.56 Å². The Kier molecular flexibility index (Phi) is 2.05. The molecule has 6 nitrogen and oxygen atoms in total. The van der Waals surface area contributed by atoms with Gasteiger partial charge in [-0.1, -0.05) is 0 Å². The lowest BCUT2D eigenvalue weighted by molar-refractivity contribution is -0.117. The van der Waals surface area contributed by atoms with Gasteiger partial charge in [0.05, 0.1) is 0 Å². The second-order valence-electron chi connectivity index (χ2n) is 3.23. The maximum absolute atomic E-state index is 11.4. The van der Waals surface area contributed by atoms with Gasteiger partial charge in [-0.2, -0.15) is 0 Å². The number of nitrogens with zero attached hydrogens (tertiary/aromatic N) is 2. The highest BCUT2D eigenvalue weighted by Crippen LogP contribution is 2.14. The first kappa shape index (κ1) is 8.89. The summed E-state index contributed by atoms with van der Waals surface area (Å²) in [6.45, 7) is 0.409. The van der Waals surface area contributed by atoms with Crippen LogP contribution in [0.2, 0.25) is 0 Å². The Hall–Kier alpha value is -1.69. The van der Waals surface area contributed by atoms with E-state index in [0.29, 0.717) is 13.0 Å². The molecule has 2 rings (SSSR count). The van der Waals surface area contributed by atoms with Crippen LogP contribution in [0, 0.1) is 0 Å². The number of nitrogens with two attached hydrogens (primary N) is 1. The van der Waals surface area contributed by atoms with E-state index in [0.717, 1.165) is 0 Å². The van der Waals surface area contributed by atoms with Gasteiger partial charge in [-0.15, -0.1) is 0 Å². The van der Waals surface area contributed by atoms with Crippen molar-refractivity contribution in [1.29, 1.82) is 0 Å². The van der Waals surface area contributed by atoms with E-state index in [9.17, 15) is 9.59 Å². The van der Waals surface area contributed by atoms with E-state index in [1.54, 1.807) is 0 Å². The molecule has 0 radical (unpaired) electrons. The monoisotopic (exact) mass is 194 g/mol. The molecule has 1 aromatic rings. The molecule has 3 N–H and O–H groups in total. The van der Waals surface area contributed by atoms with Crippen LogP contribution >= 0.6 is 0 Å². The summed E-state index contributed by atoms with van der Waals surface area (Å²) in [7, 11) is 0. The highest BCUT2D eigenvalue weighted by Gasteiger charge is 2.29. The fourth-order valence-electron chi connectivity index (χ4n) is 1.44. The molecule has 1 saturated heterocycles. The van der Waals surface area contributed by atoms with Gasteiger partial charge in [0.15, 0.2) is 0 Å². The number of hydrogen-bond acceptors (Lipinski definition) is 4. The van der Waals surface area contributed by atoms with Crippen LogP contribution in [-0.4, -0.2) is 28.5 Å². The van der Waals surface area contributed by atoms with E-state index < -0.39 is 0 Å². The van der Waals surface area contributed by atoms with Crippen LogP contribution in [0.25, 0.3) is 0 Å². The Morgan fingerprint density at radius 2 is 2.36 bits per heavy atom. The molecule has 1 amide bonds. The molecule has 0 spiro atoms. The molecule has 1 unspecified atom stereocenters. The average Bonchev–Trinajstić information content (AvgIpc) is 2.45. The van der Waals surface area contributed by atoms with E-state index >= 15 is 0 Å². The molecule has 0 aliphatic carbocycles. The second-order valence-corrected chi connectivity index (χ2v) is 3.23. The zero-order valence-electron chi connectivity index (χ0n) is 7.43. The number of anilines is 1. The summed E-state index contributed by atoms with van der Waals surface area (Å²) in [6, 6.07) is 1.12. The van der Waals surface area contributed by atoms with Crippen LogP contribution in [0.5, 0.6) is 0 Å². The molecule has 1 aromatic heterocycles. The molecule has 1 fully saturated rings. The van der Waals surface area contributed by atoms with E-state index in [1.165, 1.54) is 17.2 Å². The van der Waals surface area contributed by atoms with Crippen molar-refractivity contribution in [2.45, 2.75) is 12.5 Å². The number of aromatic amines is 1. The average molecular weight is 194 g/mol. The first-order chi connectivity index (χ1) is 6.66. The summed E-state index contributed by atoms with van der Waals surface area (Å²) < 4.78 is 0. The van der Waals surface area contributed by atoms with Crippen LogP contribution in [-0.2, 0) is 4.79 Å². The Bertz CT molecular complexity index is 414. The number of hydrogen-bond donors (Lipinski definition) is 2. The summed E-state index contributed by atoms with van der Waals surface area (Å²) in [4.78, 5) is 30.1. The molecule has 14 heavy (non-hydrogen) atoms. The Morgan fingerprint density at radius 3 is 2.93 bits per heavy atom. The predicted octanol–water partition coefficient (Wildman–Crippen LogP) is -1.17. The van der Waals surface area contributed by atoms with Crippen LogP contribution < -0.4 is 16.2 Å². The maximum Gasteiger partial charge on any atom is 0.252 e. The molecule has 0 aromatic carbocycles. The first-order valence-corrected chi connectivity index (χ1v) is 4.28. The summed E-state index contributed by atoms with van der Waals surface area (Å²) in [5, 5.41) is 0. The molecule has 1 aliphatic rings. The Morgan fingerprint density at radius 1 is 1.57 bits per heavy atom. The quantitative estimate of drug-likeness (QED) is 0.589. The van der Waals surface area contributed by atoms with E-state index in [2.05, 4.69) is 9.97 Å². The van der Waals surface area contributed by atoms with Gasteiger partial charge in [-0.25, -0.2) is 4.98 Å². The standard InChI is InChI=1S/C8H10N4O2/c9-5-3-7(14)12(4-5)8-10-2-1-6(13)11-8/h1-2,5H,3-4,9H2,(H,10,11,13). The fraction of sp³-hybridized carbons (Fsp3) is 0.375. The lowest BCUT2D eigenvalue weighted by Crippen LogP contribution is -2.30. The highest BCUT2D eigenvalue weighted by atomic mass is 16.2. The number of H-pyrrole nitrogens is 1. The minimum absolute atomic E-state index is 0.105. The molecule has 0 saturated carbocycles.